The summed E-state index contributed by atoms with van der Waals surface area (Å²) >= 11 is 0. The highest BCUT2D eigenvalue weighted by atomic mass is 16.5. The van der Waals surface area contributed by atoms with Gasteiger partial charge < -0.3 is 29.7 Å². The summed E-state index contributed by atoms with van der Waals surface area (Å²) in [7, 11) is 2.97. The van der Waals surface area contributed by atoms with E-state index in [1.54, 1.807) is 25.1 Å². The summed E-state index contributed by atoms with van der Waals surface area (Å²) in [6, 6.07) is 4.89. The van der Waals surface area contributed by atoms with Gasteiger partial charge >= 0.3 is 5.97 Å². The van der Waals surface area contributed by atoms with E-state index in [1.165, 1.54) is 14.2 Å². The van der Waals surface area contributed by atoms with Crippen molar-refractivity contribution in [1.82, 2.24) is 9.97 Å². The average molecular weight is 500 g/mol. The number of carbonyl (C=O) groups excluding carboxylic acids is 3. The zero-order chi connectivity index (χ0) is 25.8. The fourth-order valence-corrected chi connectivity index (χ4v) is 4.44. The molecule has 1 aromatic carbocycles. The molecule has 192 valence electrons. The Hall–Kier alpha value is -4.09. The molecule has 36 heavy (non-hydrogen) atoms. The molecule has 0 radical (unpaired) electrons. The Balaban J connectivity index is 1.55. The number of hydrogen-bond donors (Lipinski definition) is 3. The smallest absolute Gasteiger partial charge is 0.309 e. The summed E-state index contributed by atoms with van der Waals surface area (Å²) in [5.41, 5.74) is -0.0459. The van der Waals surface area contributed by atoms with Gasteiger partial charge in [0.1, 0.15) is 17.3 Å². The highest BCUT2D eigenvalue weighted by molar-refractivity contribution is 6.05. The van der Waals surface area contributed by atoms with Crippen LogP contribution in [0.3, 0.4) is 0 Å². The zero-order valence-corrected chi connectivity index (χ0v) is 20.4. The third kappa shape index (κ3) is 5.11. The molecule has 0 unspecified atom stereocenters. The number of amides is 2. The number of benzene rings is 1. The van der Waals surface area contributed by atoms with E-state index in [4.69, 9.17) is 14.2 Å². The van der Waals surface area contributed by atoms with Crippen LogP contribution in [-0.2, 0) is 19.1 Å². The quantitative estimate of drug-likeness (QED) is 0.483. The van der Waals surface area contributed by atoms with E-state index in [0.29, 0.717) is 49.7 Å². The molecule has 2 aromatic rings. The van der Waals surface area contributed by atoms with Gasteiger partial charge in [-0.1, -0.05) is 0 Å². The second kappa shape index (κ2) is 10.7. The number of nitrogens with one attached hydrogen (secondary N) is 3. The van der Waals surface area contributed by atoms with Crippen LogP contribution in [0.2, 0.25) is 0 Å². The normalized spacial score (nSPS) is 17.6. The maximum atomic E-state index is 13.2. The molecular weight excluding hydrogens is 470 g/mol. The van der Waals surface area contributed by atoms with Crippen LogP contribution >= 0.6 is 0 Å². The van der Waals surface area contributed by atoms with Gasteiger partial charge in [-0.3, -0.25) is 24.2 Å². The minimum atomic E-state index is -1.04. The van der Waals surface area contributed by atoms with E-state index in [2.05, 4.69) is 20.6 Å². The van der Waals surface area contributed by atoms with Crippen molar-refractivity contribution >= 4 is 35.2 Å². The number of methoxy groups -OCH3 is 2. The van der Waals surface area contributed by atoms with Crippen molar-refractivity contribution in [3.05, 3.63) is 34.1 Å². The first kappa shape index (κ1) is 25.0. The Labute approximate surface area is 207 Å². The first-order valence-corrected chi connectivity index (χ1v) is 11.7. The van der Waals surface area contributed by atoms with Crippen LogP contribution in [0.4, 0.5) is 17.5 Å². The Morgan fingerprint density at radius 2 is 1.92 bits per heavy atom. The SMILES string of the molecule is CCOC(=O)C1CCN(c2nc3c(c(=O)[nH]2)[C@@H](C(=O)Nc2ccc(OC)cc2OC)CC(=O)N3)CC1. The van der Waals surface area contributed by atoms with E-state index < -0.39 is 23.3 Å². The molecule has 4 rings (SSSR count). The predicted molar refractivity (Wildman–Crippen MR) is 131 cm³/mol. The molecule has 1 aromatic heterocycles. The lowest BCUT2D eigenvalue weighted by Gasteiger charge is -2.32. The average Bonchev–Trinajstić information content (AvgIpc) is 2.88. The van der Waals surface area contributed by atoms with Crippen LogP contribution in [-0.4, -0.2) is 61.7 Å². The molecule has 1 atom stereocenters. The van der Waals surface area contributed by atoms with E-state index in [0.717, 1.165) is 0 Å². The fourth-order valence-electron chi connectivity index (χ4n) is 4.44. The molecule has 2 aliphatic rings. The summed E-state index contributed by atoms with van der Waals surface area (Å²) in [5.74, 6) is -1.17. The van der Waals surface area contributed by atoms with Gasteiger partial charge in [-0.15, -0.1) is 0 Å². The molecule has 0 aliphatic carbocycles. The summed E-state index contributed by atoms with van der Waals surface area (Å²) in [6.07, 6.45) is 0.910. The topological polar surface area (TPSA) is 152 Å². The summed E-state index contributed by atoms with van der Waals surface area (Å²) < 4.78 is 15.6. The van der Waals surface area contributed by atoms with Gasteiger partial charge in [0, 0.05) is 25.6 Å². The van der Waals surface area contributed by atoms with Gasteiger partial charge in [-0.05, 0) is 31.9 Å². The predicted octanol–water partition coefficient (Wildman–Crippen LogP) is 1.63. The van der Waals surface area contributed by atoms with Gasteiger partial charge in [0.15, 0.2) is 0 Å². The van der Waals surface area contributed by atoms with Crippen molar-refractivity contribution in [2.24, 2.45) is 5.92 Å². The maximum absolute atomic E-state index is 13.2. The molecule has 0 saturated carbocycles. The Bertz CT molecular complexity index is 1220. The zero-order valence-electron chi connectivity index (χ0n) is 20.4. The largest absolute Gasteiger partial charge is 0.497 e. The number of carbonyl (C=O) groups is 3. The van der Waals surface area contributed by atoms with Crippen LogP contribution in [0.15, 0.2) is 23.0 Å². The maximum Gasteiger partial charge on any atom is 0.309 e. The van der Waals surface area contributed by atoms with Crippen LogP contribution in [0.1, 0.15) is 37.7 Å². The molecule has 12 heteroatoms. The monoisotopic (exact) mass is 499 g/mol. The number of aromatic amines is 1. The molecule has 3 heterocycles. The molecule has 3 N–H and O–H groups in total. The lowest BCUT2D eigenvalue weighted by Crippen LogP contribution is -2.41. The molecule has 2 amide bonds. The van der Waals surface area contributed by atoms with Crippen LogP contribution in [0.25, 0.3) is 0 Å². The van der Waals surface area contributed by atoms with Crippen molar-refractivity contribution in [2.75, 3.05) is 49.4 Å². The summed E-state index contributed by atoms with van der Waals surface area (Å²) in [5, 5.41) is 5.36. The molecule has 12 nitrogen and oxygen atoms in total. The van der Waals surface area contributed by atoms with Crippen molar-refractivity contribution in [2.45, 2.75) is 32.1 Å². The number of ether oxygens (including phenoxy) is 3. The van der Waals surface area contributed by atoms with Gasteiger partial charge in [0.05, 0.1) is 43.9 Å². The number of esters is 1. The third-order valence-electron chi connectivity index (χ3n) is 6.34. The molecule has 2 aliphatic heterocycles. The number of piperidine rings is 1. The Kier molecular flexibility index (Phi) is 7.41. The molecular formula is C24H29N5O7. The highest BCUT2D eigenvalue weighted by Crippen LogP contribution is 2.34. The first-order chi connectivity index (χ1) is 17.3. The van der Waals surface area contributed by atoms with Gasteiger partial charge in [0.25, 0.3) is 5.56 Å². The Morgan fingerprint density at radius 3 is 2.58 bits per heavy atom. The van der Waals surface area contributed by atoms with Gasteiger partial charge in [-0.25, -0.2) is 0 Å². The van der Waals surface area contributed by atoms with Crippen molar-refractivity contribution in [3.8, 4) is 11.5 Å². The molecule has 0 bridgehead atoms. The third-order valence-corrected chi connectivity index (χ3v) is 6.34. The number of hydrogen-bond acceptors (Lipinski definition) is 9. The van der Waals surface area contributed by atoms with Crippen molar-refractivity contribution in [1.29, 1.82) is 0 Å². The van der Waals surface area contributed by atoms with Gasteiger partial charge in [-0.2, -0.15) is 4.98 Å². The number of rotatable bonds is 7. The molecule has 1 fully saturated rings. The standard InChI is InChI=1S/C24H29N5O7/c1-4-36-23(33)13-7-9-29(10-8-13)24-27-20-19(22(32)28-24)15(12-18(30)26-20)21(31)25-16-6-5-14(34-2)11-17(16)35-3/h5-6,11,13,15H,4,7-10,12H2,1-3H3,(H,25,31)(H2,26,27,28,30,32)/t15-/m0/s1. The second-order valence-electron chi connectivity index (χ2n) is 8.53. The minimum absolute atomic E-state index is 0.0550. The number of nitrogens with zero attached hydrogens (tertiary/aromatic N) is 2. The van der Waals surface area contributed by atoms with Gasteiger partial charge in [0.2, 0.25) is 17.8 Å². The summed E-state index contributed by atoms with van der Waals surface area (Å²) in [4.78, 5) is 59.8. The van der Waals surface area contributed by atoms with Crippen molar-refractivity contribution < 1.29 is 28.6 Å². The molecule has 1 saturated heterocycles. The number of anilines is 3. The van der Waals surface area contributed by atoms with E-state index in [1.807, 2.05) is 4.90 Å². The van der Waals surface area contributed by atoms with Crippen LogP contribution in [0.5, 0.6) is 11.5 Å². The van der Waals surface area contributed by atoms with E-state index in [-0.39, 0.29) is 35.6 Å². The number of fused-ring (bicyclic) bond motifs is 1. The fraction of sp³-hybridized carbons (Fsp3) is 0.458. The highest BCUT2D eigenvalue weighted by Gasteiger charge is 2.36. The Morgan fingerprint density at radius 1 is 1.17 bits per heavy atom. The number of H-pyrrole nitrogens is 1. The second-order valence-corrected chi connectivity index (χ2v) is 8.53. The first-order valence-electron chi connectivity index (χ1n) is 11.7. The van der Waals surface area contributed by atoms with E-state index >= 15 is 0 Å². The van der Waals surface area contributed by atoms with Crippen molar-refractivity contribution in [3.63, 3.8) is 0 Å². The lowest BCUT2D eigenvalue weighted by atomic mass is 9.92. The number of aromatic nitrogens is 2. The van der Waals surface area contributed by atoms with Crippen LogP contribution < -0.4 is 30.6 Å². The summed E-state index contributed by atoms with van der Waals surface area (Å²) in [6.45, 7) is 3.07. The lowest BCUT2D eigenvalue weighted by molar-refractivity contribution is -0.148. The minimum Gasteiger partial charge on any atom is -0.497 e. The van der Waals surface area contributed by atoms with Crippen LogP contribution in [0, 0.1) is 5.92 Å². The van der Waals surface area contributed by atoms with E-state index in [9.17, 15) is 19.2 Å². The molecule has 0 spiro atoms.